The molecule has 0 radical (unpaired) electrons. The standard InChI is InChI=1S/C54H67N11O6/c55-50(67)48-49(39-6-9-43(10-7-39)71-42-4-2-1-3-5-42)58-65-45(14-21-56-51(48)65)38-19-22-59(23-20-38)33-36-15-24-62(25-16-36)54(70)63-26-17-37(18-27-63)34-60-28-30-61(31-29-60)41-8-11-44-40(32-41)35-64(53(44)69)46-12-13-47(66)57-52(46)68/h1-11,32,36-38,45-46,56H,12-31,33-35H2,(H2,55,67)(H,57,66,68). The van der Waals surface area contributed by atoms with Crippen molar-refractivity contribution in [2.45, 2.75) is 76.4 Å². The van der Waals surface area contributed by atoms with E-state index in [4.69, 9.17) is 15.6 Å². The maximum absolute atomic E-state index is 13.8. The van der Waals surface area contributed by atoms with Gasteiger partial charge in [0.05, 0.1) is 6.04 Å². The fourth-order valence-electron chi connectivity index (χ4n) is 12.5. The number of fused-ring (bicyclic) bond motifs is 2. The summed E-state index contributed by atoms with van der Waals surface area (Å²) in [6.45, 7) is 12.4. The molecule has 2 unspecified atom stereocenters. The van der Waals surface area contributed by atoms with Crippen LogP contribution in [0.15, 0.2) is 72.8 Å². The smallest absolute Gasteiger partial charge is 0.319 e. The van der Waals surface area contributed by atoms with E-state index in [-0.39, 0.29) is 36.2 Å². The van der Waals surface area contributed by atoms with Crippen LogP contribution < -0.4 is 26.0 Å². The highest BCUT2D eigenvalue weighted by Gasteiger charge is 2.40. The number of likely N-dealkylation sites (tertiary alicyclic amines) is 3. The average molecular weight is 966 g/mol. The maximum Gasteiger partial charge on any atom is 0.319 e. The van der Waals surface area contributed by atoms with Gasteiger partial charge in [0.25, 0.3) is 11.8 Å². The number of rotatable bonds is 11. The number of carbonyl (C=O) groups is 5. The van der Waals surface area contributed by atoms with Crippen molar-refractivity contribution in [2.75, 3.05) is 95.3 Å². The lowest BCUT2D eigenvalue weighted by atomic mass is 9.86. The Bertz CT molecular complexity index is 2610. The van der Waals surface area contributed by atoms with Crippen molar-refractivity contribution in [3.8, 4) is 22.8 Å². The Kier molecular flexibility index (Phi) is 13.4. The van der Waals surface area contributed by atoms with Crippen LogP contribution in [0.5, 0.6) is 11.5 Å². The second-order valence-corrected chi connectivity index (χ2v) is 20.9. The molecule has 0 saturated carbocycles. The van der Waals surface area contributed by atoms with Gasteiger partial charge in [-0.2, -0.15) is 5.10 Å². The minimum atomic E-state index is -0.605. The molecule has 11 rings (SSSR count). The third-order valence-electron chi connectivity index (χ3n) is 16.5. The summed E-state index contributed by atoms with van der Waals surface area (Å²) >= 11 is 0. The van der Waals surface area contributed by atoms with E-state index in [0.717, 1.165) is 158 Å². The molecule has 0 spiro atoms. The van der Waals surface area contributed by atoms with Gasteiger partial charge in [0, 0.05) is 102 Å². The van der Waals surface area contributed by atoms with E-state index in [1.54, 1.807) is 4.90 Å². The predicted octanol–water partition coefficient (Wildman–Crippen LogP) is 5.64. The molecule has 7 aliphatic rings. The van der Waals surface area contributed by atoms with E-state index < -0.39 is 11.9 Å². The molecule has 374 valence electrons. The number of urea groups is 1. The Morgan fingerprint density at radius 1 is 0.704 bits per heavy atom. The molecule has 17 nitrogen and oxygen atoms in total. The zero-order chi connectivity index (χ0) is 48.6. The summed E-state index contributed by atoms with van der Waals surface area (Å²) in [6.07, 6.45) is 7.87. The molecule has 2 atom stereocenters. The summed E-state index contributed by atoms with van der Waals surface area (Å²) in [5.41, 5.74) is 10.6. The fourth-order valence-corrected chi connectivity index (χ4v) is 12.5. The molecule has 17 heteroatoms. The molecule has 5 fully saturated rings. The molecule has 7 aliphatic heterocycles. The molecule has 4 N–H and O–H groups in total. The van der Waals surface area contributed by atoms with Crippen molar-refractivity contribution in [3.63, 3.8) is 0 Å². The van der Waals surface area contributed by atoms with Crippen molar-refractivity contribution in [1.29, 1.82) is 0 Å². The van der Waals surface area contributed by atoms with Gasteiger partial charge in [-0.25, -0.2) is 9.48 Å². The highest BCUT2D eigenvalue weighted by atomic mass is 16.5. The molecule has 6 amide bonds. The monoisotopic (exact) mass is 966 g/mol. The number of nitrogens with two attached hydrogens (primary N) is 1. The molecule has 0 bridgehead atoms. The number of hydrogen-bond acceptors (Lipinski definition) is 11. The van der Waals surface area contributed by atoms with Crippen LogP contribution in [0.25, 0.3) is 11.3 Å². The number of anilines is 2. The third kappa shape index (κ3) is 9.95. The molecule has 1 aromatic heterocycles. The number of carbonyl (C=O) groups excluding carboxylic acids is 5. The number of imide groups is 1. The largest absolute Gasteiger partial charge is 0.457 e. The van der Waals surface area contributed by atoms with Crippen molar-refractivity contribution in [3.05, 3.63) is 89.5 Å². The number of nitrogens with zero attached hydrogens (tertiary/aromatic N) is 8. The van der Waals surface area contributed by atoms with Gasteiger partial charge in [-0.1, -0.05) is 18.2 Å². The highest BCUT2D eigenvalue weighted by molar-refractivity contribution is 6.06. The second-order valence-electron chi connectivity index (χ2n) is 20.9. The SMILES string of the molecule is NC(=O)c1c(-c2ccc(Oc3ccccc3)cc2)nn2c1NCCC2C1CCN(CC2CCN(C(=O)N3CCC(CN4CCN(c5ccc6c(c5)CN(C5CCC(=O)NC5=O)C6=O)CC4)CC3)CC2)CC1. The molecule has 71 heavy (non-hydrogen) atoms. The van der Waals surface area contributed by atoms with Gasteiger partial charge in [-0.3, -0.25) is 29.4 Å². The minimum Gasteiger partial charge on any atom is -0.457 e. The number of piperidine rings is 4. The van der Waals surface area contributed by atoms with Gasteiger partial charge < -0.3 is 40.3 Å². The van der Waals surface area contributed by atoms with Crippen LogP contribution in [0, 0.1) is 17.8 Å². The Morgan fingerprint density at radius 3 is 2.00 bits per heavy atom. The van der Waals surface area contributed by atoms with Crippen LogP contribution in [-0.4, -0.2) is 155 Å². The third-order valence-corrected chi connectivity index (χ3v) is 16.5. The van der Waals surface area contributed by atoms with Gasteiger partial charge >= 0.3 is 6.03 Å². The lowest BCUT2D eigenvalue weighted by molar-refractivity contribution is -0.136. The number of amides is 6. The molecular formula is C54H67N11O6. The van der Waals surface area contributed by atoms with Crippen molar-refractivity contribution in [2.24, 2.45) is 23.5 Å². The van der Waals surface area contributed by atoms with Gasteiger partial charge in [-0.05, 0) is 142 Å². The van der Waals surface area contributed by atoms with Gasteiger partial charge in [0.2, 0.25) is 11.8 Å². The van der Waals surface area contributed by atoms with Crippen LogP contribution >= 0.6 is 0 Å². The number of primary amides is 1. The summed E-state index contributed by atoms with van der Waals surface area (Å²) in [5.74, 6) is 2.53. The van der Waals surface area contributed by atoms with Gasteiger partial charge in [0.1, 0.15) is 34.6 Å². The quantitative estimate of drug-likeness (QED) is 0.158. The molecular weight excluding hydrogens is 899 g/mol. The molecule has 4 aromatic rings. The Labute approximate surface area is 415 Å². The fraction of sp³-hybridized carbons (Fsp3) is 0.519. The first-order valence-electron chi connectivity index (χ1n) is 26.1. The summed E-state index contributed by atoms with van der Waals surface area (Å²) in [4.78, 5) is 77.4. The number of hydrogen-bond donors (Lipinski definition) is 3. The van der Waals surface area contributed by atoms with Gasteiger partial charge in [0.15, 0.2) is 0 Å². The molecule has 5 saturated heterocycles. The van der Waals surface area contributed by atoms with Crippen LogP contribution in [0.2, 0.25) is 0 Å². The zero-order valence-electron chi connectivity index (χ0n) is 40.7. The summed E-state index contributed by atoms with van der Waals surface area (Å²) < 4.78 is 8.06. The number of aromatic nitrogens is 2. The van der Waals surface area contributed by atoms with Crippen molar-refractivity contribution < 1.29 is 28.7 Å². The Hall–Kier alpha value is -6.46. The topological polar surface area (TPSA) is 182 Å². The van der Waals surface area contributed by atoms with Crippen LogP contribution in [0.4, 0.5) is 16.3 Å². The number of para-hydroxylation sites is 1. The number of benzene rings is 3. The lowest BCUT2D eigenvalue weighted by Gasteiger charge is -2.42. The maximum atomic E-state index is 13.8. The highest BCUT2D eigenvalue weighted by Crippen LogP contribution is 2.41. The van der Waals surface area contributed by atoms with E-state index in [0.29, 0.717) is 53.3 Å². The molecule has 8 heterocycles. The van der Waals surface area contributed by atoms with Crippen molar-refractivity contribution >= 4 is 41.2 Å². The van der Waals surface area contributed by atoms with Crippen LogP contribution in [-0.2, 0) is 16.1 Å². The van der Waals surface area contributed by atoms with E-state index in [2.05, 4.69) is 45.9 Å². The summed E-state index contributed by atoms with van der Waals surface area (Å²) in [5, 5.41) is 10.9. The Morgan fingerprint density at radius 2 is 1.35 bits per heavy atom. The van der Waals surface area contributed by atoms with Crippen LogP contribution in [0.1, 0.15) is 90.1 Å². The summed E-state index contributed by atoms with van der Waals surface area (Å²) in [7, 11) is 0. The van der Waals surface area contributed by atoms with Gasteiger partial charge in [-0.15, -0.1) is 0 Å². The first kappa shape index (κ1) is 46.9. The van der Waals surface area contributed by atoms with Crippen LogP contribution in [0.3, 0.4) is 0 Å². The van der Waals surface area contributed by atoms with E-state index in [1.165, 1.54) is 0 Å². The Balaban J connectivity index is 0.597. The first-order chi connectivity index (χ1) is 34.6. The summed E-state index contributed by atoms with van der Waals surface area (Å²) in [6, 6.07) is 23.2. The number of piperazine rings is 1. The number of nitrogens with one attached hydrogen (secondary N) is 2. The lowest BCUT2D eigenvalue weighted by Crippen LogP contribution is -2.52. The number of ether oxygens (including phenoxy) is 1. The second kappa shape index (κ2) is 20.3. The predicted molar refractivity (Wildman–Crippen MR) is 269 cm³/mol. The van der Waals surface area contributed by atoms with E-state index in [1.807, 2.05) is 66.7 Å². The van der Waals surface area contributed by atoms with Crippen molar-refractivity contribution in [1.82, 2.24) is 39.6 Å². The van der Waals surface area contributed by atoms with E-state index in [9.17, 15) is 24.0 Å². The first-order valence-corrected chi connectivity index (χ1v) is 26.1. The molecule has 0 aliphatic carbocycles. The zero-order valence-corrected chi connectivity index (χ0v) is 40.7. The molecule has 3 aromatic carbocycles. The van der Waals surface area contributed by atoms with E-state index >= 15 is 0 Å². The minimum absolute atomic E-state index is 0.139. The average Bonchev–Trinajstić information content (AvgIpc) is 3.95. The normalized spacial score (nSPS) is 23.1.